The molecule has 2 aliphatic heterocycles. The van der Waals surface area contributed by atoms with Crippen molar-refractivity contribution < 1.29 is 23.0 Å². The summed E-state index contributed by atoms with van der Waals surface area (Å²) in [7, 11) is 0. The number of aliphatic hydroxyl groups is 1. The van der Waals surface area contributed by atoms with E-state index in [1.54, 1.807) is 6.07 Å². The number of aliphatic hydroxyl groups excluding tert-OH is 1. The molecule has 1 saturated heterocycles. The molecule has 2 aromatic rings. The Morgan fingerprint density at radius 3 is 2.23 bits per heavy atom. The van der Waals surface area contributed by atoms with Gasteiger partial charge in [0.1, 0.15) is 0 Å². The molecule has 0 aliphatic carbocycles. The van der Waals surface area contributed by atoms with Crippen LogP contribution in [0.5, 0.6) is 0 Å². The number of rotatable bonds is 8. The number of ether oxygens (including phenoxy) is 1. The third kappa shape index (κ3) is 7.86. The monoisotopic (exact) mass is 550 g/mol. The fourth-order valence-corrected chi connectivity index (χ4v) is 5.34. The highest BCUT2D eigenvalue weighted by molar-refractivity contribution is 7.99. The molecule has 0 unspecified atom stereocenters. The van der Waals surface area contributed by atoms with Crippen LogP contribution in [0.1, 0.15) is 23.1 Å². The zero-order valence-electron chi connectivity index (χ0n) is 19.3. The Morgan fingerprint density at radius 1 is 0.886 bits per heavy atom. The van der Waals surface area contributed by atoms with E-state index in [1.165, 1.54) is 23.9 Å². The lowest BCUT2D eigenvalue weighted by atomic mass is 9.94. The fraction of sp³-hybridized carbons (Fsp3) is 0.440. The lowest BCUT2D eigenvalue weighted by Gasteiger charge is -2.34. The molecule has 4 nitrogen and oxygen atoms in total. The van der Waals surface area contributed by atoms with Crippen molar-refractivity contribution in [2.24, 2.45) is 0 Å². The SMILES string of the molecule is Cl.Cl.OCCOCCN1CCN(CC/C=C2/c3ccccc3Sc3ccc(C(F)(F)F)cc32)CC1. The lowest BCUT2D eigenvalue weighted by molar-refractivity contribution is -0.137. The minimum absolute atomic E-state index is 0. The van der Waals surface area contributed by atoms with E-state index in [9.17, 15) is 13.2 Å². The average molecular weight is 552 g/mol. The summed E-state index contributed by atoms with van der Waals surface area (Å²) < 4.78 is 45.4. The Kier molecular flexibility index (Phi) is 11.9. The molecule has 0 saturated carbocycles. The van der Waals surface area contributed by atoms with Gasteiger partial charge in [-0.1, -0.05) is 36.0 Å². The number of benzene rings is 2. The van der Waals surface area contributed by atoms with E-state index in [1.807, 2.05) is 24.3 Å². The van der Waals surface area contributed by atoms with Crippen molar-refractivity contribution in [3.63, 3.8) is 0 Å². The van der Waals surface area contributed by atoms with E-state index in [4.69, 9.17) is 9.84 Å². The molecule has 0 radical (unpaired) electrons. The van der Waals surface area contributed by atoms with Crippen LogP contribution in [-0.2, 0) is 10.9 Å². The highest BCUT2D eigenvalue weighted by atomic mass is 35.5. The van der Waals surface area contributed by atoms with E-state index in [-0.39, 0.29) is 31.4 Å². The van der Waals surface area contributed by atoms with Crippen LogP contribution in [0.15, 0.2) is 58.3 Å². The second kappa shape index (κ2) is 13.9. The second-order valence-electron chi connectivity index (χ2n) is 8.23. The quantitative estimate of drug-likeness (QED) is 0.377. The van der Waals surface area contributed by atoms with Crippen molar-refractivity contribution in [1.29, 1.82) is 0 Å². The van der Waals surface area contributed by atoms with Crippen molar-refractivity contribution in [3.8, 4) is 0 Å². The minimum atomic E-state index is -4.36. The van der Waals surface area contributed by atoms with E-state index in [0.717, 1.165) is 66.6 Å². The predicted octanol–water partition coefficient (Wildman–Crippen LogP) is 5.46. The van der Waals surface area contributed by atoms with Gasteiger partial charge in [0.2, 0.25) is 0 Å². The van der Waals surface area contributed by atoms with Crippen LogP contribution in [0.3, 0.4) is 0 Å². The van der Waals surface area contributed by atoms with Gasteiger partial charge in [-0.3, -0.25) is 4.90 Å². The Hall–Kier alpha value is -1.26. The smallest absolute Gasteiger partial charge is 0.394 e. The first-order valence-electron chi connectivity index (χ1n) is 11.3. The average Bonchev–Trinajstić information content (AvgIpc) is 2.81. The van der Waals surface area contributed by atoms with Gasteiger partial charge >= 0.3 is 6.18 Å². The van der Waals surface area contributed by atoms with Gasteiger partial charge in [-0.15, -0.1) is 24.8 Å². The third-order valence-corrected chi connectivity index (χ3v) is 7.19. The molecule has 10 heteroatoms. The van der Waals surface area contributed by atoms with E-state index in [0.29, 0.717) is 18.8 Å². The first kappa shape index (κ1) is 30.0. The van der Waals surface area contributed by atoms with Crippen LogP contribution >= 0.6 is 36.6 Å². The summed E-state index contributed by atoms with van der Waals surface area (Å²) in [4.78, 5) is 6.70. The maximum absolute atomic E-state index is 13.4. The van der Waals surface area contributed by atoms with E-state index < -0.39 is 11.7 Å². The van der Waals surface area contributed by atoms with Gasteiger partial charge in [-0.2, -0.15) is 13.2 Å². The predicted molar refractivity (Wildman–Crippen MR) is 139 cm³/mol. The Labute approximate surface area is 221 Å². The Balaban J connectivity index is 0.00000216. The number of piperazine rings is 1. The number of hydrogen-bond acceptors (Lipinski definition) is 5. The second-order valence-corrected chi connectivity index (χ2v) is 9.32. The number of halogens is 5. The van der Waals surface area contributed by atoms with Crippen molar-refractivity contribution >= 4 is 42.1 Å². The third-order valence-electron chi connectivity index (χ3n) is 6.04. The summed E-state index contributed by atoms with van der Waals surface area (Å²) in [5, 5.41) is 8.77. The summed E-state index contributed by atoms with van der Waals surface area (Å²) in [5.74, 6) is 0. The Morgan fingerprint density at radius 2 is 1.54 bits per heavy atom. The maximum atomic E-state index is 13.4. The van der Waals surface area contributed by atoms with Crippen molar-refractivity contribution in [2.75, 3.05) is 59.1 Å². The van der Waals surface area contributed by atoms with Gasteiger partial charge in [0.25, 0.3) is 0 Å². The van der Waals surface area contributed by atoms with Gasteiger partial charge < -0.3 is 14.7 Å². The highest BCUT2D eigenvalue weighted by Crippen LogP contribution is 2.47. The van der Waals surface area contributed by atoms with Gasteiger partial charge in [0, 0.05) is 49.1 Å². The van der Waals surface area contributed by atoms with Gasteiger partial charge in [0.15, 0.2) is 0 Å². The summed E-state index contributed by atoms with van der Waals surface area (Å²) in [6, 6.07) is 12.0. The molecule has 0 bridgehead atoms. The fourth-order valence-electron chi connectivity index (χ4n) is 4.26. The van der Waals surface area contributed by atoms with Crippen LogP contribution in [0, 0.1) is 0 Å². The Bertz CT molecular complexity index is 983. The molecule has 4 rings (SSSR count). The first-order valence-corrected chi connectivity index (χ1v) is 12.1. The number of alkyl halides is 3. The van der Waals surface area contributed by atoms with Crippen molar-refractivity contribution in [2.45, 2.75) is 22.4 Å². The molecule has 0 amide bonds. The van der Waals surface area contributed by atoms with Crippen LogP contribution in [-0.4, -0.2) is 74.0 Å². The highest BCUT2D eigenvalue weighted by Gasteiger charge is 2.32. The normalized spacial score (nSPS) is 17.3. The van der Waals surface area contributed by atoms with Crippen molar-refractivity contribution in [3.05, 3.63) is 65.2 Å². The topological polar surface area (TPSA) is 35.9 Å². The molecule has 0 atom stereocenters. The molecule has 1 fully saturated rings. The molecule has 0 spiro atoms. The summed E-state index contributed by atoms with van der Waals surface area (Å²) in [6.07, 6.45) is -1.47. The molecule has 2 aliphatic rings. The maximum Gasteiger partial charge on any atom is 0.416 e. The first-order chi connectivity index (χ1) is 16.0. The largest absolute Gasteiger partial charge is 0.416 e. The summed E-state index contributed by atoms with van der Waals surface area (Å²) >= 11 is 1.53. The molecular formula is C25H31Cl2F3N2O2S. The molecule has 2 aromatic carbocycles. The molecule has 2 heterocycles. The number of hydrogen-bond donors (Lipinski definition) is 1. The molecule has 0 aromatic heterocycles. The van der Waals surface area contributed by atoms with Crippen LogP contribution < -0.4 is 0 Å². The minimum Gasteiger partial charge on any atom is -0.394 e. The zero-order chi connectivity index (χ0) is 23.3. The molecule has 35 heavy (non-hydrogen) atoms. The van der Waals surface area contributed by atoms with Crippen LogP contribution in [0.25, 0.3) is 5.57 Å². The van der Waals surface area contributed by atoms with Crippen LogP contribution in [0.4, 0.5) is 13.2 Å². The number of fused-ring (bicyclic) bond motifs is 2. The van der Waals surface area contributed by atoms with Crippen molar-refractivity contribution in [1.82, 2.24) is 9.80 Å². The number of nitrogens with zero attached hydrogens (tertiary/aromatic N) is 2. The standard InChI is InChI=1S/C25H29F3N2O2S.2ClH/c26-25(27,28)19-7-8-24-22(18-19)20(21-4-1-2-6-23(21)33-24)5-3-9-29-10-12-30(13-11-29)14-16-32-17-15-31;;/h1-2,4-8,18,31H,3,9-17H2;2*1H/b20-5-;;. The van der Waals surface area contributed by atoms with E-state index >= 15 is 0 Å². The zero-order valence-corrected chi connectivity index (χ0v) is 21.7. The van der Waals surface area contributed by atoms with Gasteiger partial charge in [0.05, 0.1) is 25.4 Å². The van der Waals surface area contributed by atoms with Gasteiger partial charge in [-0.05, 0) is 47.4 Å². The summed E-state index contributed by atoms with van der Waals surface area (Å²) in [6.45, 7) is 6.66. The van der Waals surface area contributed by atoms with Crippen LogP contribution in [0.2, 0.25) is 0 Å². The van der Waals surface area contributed by atoms with Gasteiger partial charge in [-0.25, -0.2) is 0 Å². The lowest BCUT2D eigenvalue weighted by Crippen LogP contribution is -2.47. The van der Waals surface area contributed by atoms with E-state index in [2.05, 4.69) is 15.9 Å². The molecule has 1 N–H and O–H groups in total. The molecular weight excluding hydrogens is 520 g/mol. The molecule has 194 valence electrons. The summed E-state index contributed by atoms with van der Waals surface area (Å²) in [5.41, 5.74) is 1.96.